The minimum atomic E-state index is -1.04. The van der Waals surface area contributed by atoms with E-state index >= 15 is 0 Å². The van der Waals surface area contributed by atoms with Crippen molar-refractivity contribution in [1.29, 1.82) is 0 Å². The molecule has 0 aromatic heterocycles. The molecule has 0 spiro atoms. The van der Waals surface area contributed by atoms with E-state index in [4.69, 9.17) is 5.11 Å². The van der Waals surface area contributed by atoms with Gasteiger partial charge in [-0.1, -0.05) is 48.5 Å². The van der Waals surface area contributed by atoms with Crippen molar-refractivity contribution >= 4 is 46.5 Å². The van der Waals surface area contributed by atoms with Gasteiger partial charge in [-0.15, -0.1) is 0 Å². The maximum Gasteiger partial charge on any atom is 0.335 e. The number of aromatic carboxylic acids is 1. The van der Waals surface area contributed by atoms with Crippen molar-refractivity contribution < 1.29 is 19.5 Å². The summed E-state index contributed by atoms with van der Waals surface area (Å²) >= 11 is 1.10. The summed E-state index contributed by atoms with van der Waals surface area (Å²) in [5, 5.41) is 9.28. The molecule has 0 unspecified atom stereocenters. The number of amides is 2. The molecule has 31 heavy (non-hydrogen) atoms. The zero-order valence-corrected chi connectivity index (χ0v) is 17.0. The molecule has 0 bridgehead atoms. The molecule has 1 heterocycles. The monoisotopic (exact) mass is 428 g/mol. The van der Waals surface area contributed by atoms with Crippen molar-refractivity contribution in [3.8, 4) is 0 Å². The smallest absolute Gasteiger partial charge is 0.335 e. The predicted molar refractivity (Wildman–Crippen MR) is 120 cm³/mol. The van der Waals surface area contributed by atoms with Gasteiger partial charge in [-0.25, -0.2) is 14.7 Å². The second-order valence-electron chi connectivity index (χ2n) is 6.58. The van der Waals surface area contributed by atoms with Crippen LogP contribution in [0.4, 0.5) is 5.69 Å². The highest BCUT2D eigenvalue weighted by Gasteiger charge is 2.38. The number of nitrogens with zero attached hydrogens (tertiary/aromatic N) is 2. The van der Waals surface area contributed by atoms with E-state index in [-0.39, 0.29) is 10.7 Å². The number of imide groups is 1. The molecule has 1 aliphatic heterocycles. The van der Waals surface area contributed by atoms with Gasteiger partial charge in [-0.05, 0) is 59.8 Å². The fourth-order valence-electron chi connectivity index (χ4n) is 2.93. The molecule has 6 nitrogen and oxygen atoms in total. The zero-order chi connectivity index (χ0) is 21.8. The summed E-state index contributed by atoms with van der Waals surface area (Å²) < 4.78 is 0. The summed E-state index contributed by atoms with van der Waals surface area (Å²) in [6, 6.07) is 23.8. The molecule has 1 fully saturated rings. The lowest BCUT2D eigenvalue weighted by atomic mass is 10.2. The Hall–Kier alpha value is -3.97. The van der Waals surface area contributed by atoms with Crippen LogP contribution in [0.2, 0.25) is 0 Å². The van der Waals surface area contributed by atoms with E-state index in [2.05, 4.69) is 4.99 Å². The van der Waals surface area contributed by atoms with Crippen LogP contribution >= 0.6 is 11.8 Å². The summed E-state index contributed by atoms with van der Waals surface area (Å²) in [4.78, 5) is 43.2. The highest BCUT2D eigenvalue weighted by atomic mass is 32.2. The number of thioether (sulfide) groups is 1. The Labute approximate surface area is 182 Å². The van der Waals surface area contributed by atoms with Gasteiger partial charge in [0, 0.05) is 5.56 Å². The molecule has 152 valence electrons. The van der Waals surface area contributed by atoms with E-state index in [1.54, 1.807) is 36.4 Å². The number of amidine groups is 1. The summed E-state index contributed by atoms with van der Waals surface area (Å²) in [5.41, 5.74) is 1.76. The first-order valence-corrected chi connectivity index (χ1v) is 10.1. The summed E-state index contributed by atoms with van der Waals surface area (Å²) in [6.45, 7) is 0. The summed E-state index contributed by atoms with van der Waals surface area (Å²) in [5.74, 6) is -1.97. The zero-order valence-electron chi connectivity index (χ0n) is 16.1. The fraction of sp³-hybridized carbons (Fsp3) is 0. The van der Waals surface area contributed by atoms with Gasteiger partial charge in [0.15, 0.2) is 5.17 Å². The number of carbonyl (C=O) groups excluding carboxylic acids is 2. The van der Waals surface area contributed by atoms with Crippen LogP contribution in [-0.4, -0.2) is 33.0 Å². The lowest BCUT2D eigenvalue weighted by Gasteiger charge is -2.13. The number of rotatable bonds is 4. The molecular formula is C24H16N2O4S. The topological polar surface area (TPSA) is 87.0 Å². The SMILES string of the molecule is O=C(O)c1ccc(N=C2S/C(=C/c3ccccc3)C(=O)N2C(=O)c2ccccc2)cc1. The van der Waals surface area contributed by atoms with E-state index in [0.29, 0.717) is 16.2 Å². The van der Waals surface area contributed by atoms with Crippen molar-refractivity contribution in [1.82, 2.24) is 4.90 Å². The van der Waals surface area contributed by atoms with Gasteiger partial charge >= 0.3 is 5.97 Å². The van der Waals surface area contributed by atoms with Gasteiger partial charge in [0.05, 0.1) is 16.2 Å². The number of hydrogen-bond acceptors (Lipinski definition) is 5. The molecule has 1 N–H and O–H groups in total. The third-order valence-electron chi connectivity index (χ3n) is 4.47. The molecular weight excluding hydrogens is 412 g/mol. The van der Waals surface area contributed by atoms with E-state index in [9.17, 15) is 14.4 Å². The van der Waals surface area contributed by atoms with Crippen LogP contribution in [-0.2, 0) is 4.79 Å². The first-order valence-electron chi connectivity index (χ1n) is 9.33. The number of aliphatic imine (C=N–C) groups is 1. The molecule has 3 aromatic carbocycles. The minimum absolute atomic E-state index is 0.126. The lowest BCUT2D eigenvalue weighted by molar-refractivity contribution is -0.120. The molecule has 0 aliphatic carbocycles. The Kier molecular flexibility index (Phi) is 5.77. The molecule has 7 heteroatoms. The van der Waals surface area contributed by atoms with Gasteiger partial charge in [0.1, 0.15) is 0 Å². The quantitative estimate of drug-likeness (QED) is 0.475. The van der Waals surface area contributed by atoms with Crippen LogP contribution in [0, 0.1) is 0 Å². The van der Waals surface area contributed by atoms with Gasteiger partial charge < -0.3 is 5.11 Å². The van der Waals surface area contributed by atoms with Gasteiger partial charge in [-0.2, -0.15) is 0 Å². The third-order valence-corrected chi connectivity index (χ3v) is 5.44. The first kappa shape index (κ1) is 20.3. The minimum Gasteiger partial charge on any atom is -0.478 e. The predicted octanol–water partition coefficient (Wildman–Crippen LogP) is 4.83. The number of carboxylic acids is 1. The lowest BCUT2D eigenvalue weighted by Crippen LogP contribution is -2.35. The van der Waals surface area contributed by atoms with Crippen molar-refractivity contribution in [2.75, 3.05) is 0 Å². The van der Waals surface area contributed by atoms with Crippen molar-refractivity contribution in [3.05, 3.63) is 107 Å². The maximum atomic E-state index is 13.1. The Balaban J connectivity index is 1.74. The van der Waals surface area contributed by atoms with E-state index in [1.165, 1.54) is 24.3 Å². The van der Waals surface area contributed by atoms with E-state index in [0.717, 1.165) is 22.2 Å². The number of carboxylic acid groups (broad SMARTS) is 1. The summed E-state index contributed by atoms with van der Waals surface area (Å²) in [7, 11) is 0. The fourth-order valence-corrected chi connectivity index (χ4v) is 3.91. The Morgan fingerprint density at radius 3 is 2.06 bits per heavy atom. The second-order valence-corrected chi connectivity index (χ2v) is 7.59. The van der Waals surface area contributed by atoms with Crippen LogP contribution in [0.1, 0.15) is 26.3 Å². The molecule has 0 radical (unpaired) electrons. The van der Waals surface area contributed by atoms with Crippen LogP contribution in [0.25, 0.3) is 6.08 Å². The summed E-state index contributed by atoms with van der Waals surface area (Å²) in [6.07, 6.45) is 1.72. The second kappa shape index (κ2) is 8.81. The van der Waals surface area contributed by atoms with Gasteiger partial charge in [-0.3, -0.25) is 9.59 Å². The van der Waals surface area contributed by atoms with Crippen molar-refractivity contribution in [2.24, 2.45) is 4.99 Å². The van der Waals surface area contributed by atoms with Gasteiger partial charge in [0.25, 0.3) is 11.8 Å². The van der Waals surface area contributed by atoms with Crippen LogP contribution in [0.3, 0.4) is 0 Å². The van der Waals surface area contributed by atoms with E-state index in [1.807, 2.05) is 30.3 Å². The van der Waals surface area contributed by atoms with Crippen LogP contribution < -0.4 is 0 Å². The standard InChI is InChI=1S/C24H16N2O4S/c27-21(17-9-5-2-6-10-17)26-22(28)20(15-16-7-3-1-4-8-16)31-24(26)25-19-13-11-18(12-14-19)23(29)30/h1-15H,(H,29,30)/b20-15+,25-24?. The Bertz CT molecular complexity index is 1200. The van der Waals surface area contributed by atoms with Crippen molar-refractivity contribution in [3.63, 3.8) is 0 Å². The highest BCUT2D eigenvalue weighted by molar-refractivity contribution is 8.18. The Morgan fingerprint density at radius 2 is 1.45 bits per heavy atom. The average molecular weight is 428 g/mol. The number of benzene rings is 3. The third kappa shape index (κ3) is 4.46. The molecule has 0 atom stereocenters. The van der Waals surface area contributed by atoms with Crippen LogP contribution in [0.15, 0.2) is 94.8 Å². The Morgan fingerprint density at radius 1 is 0.839 bits per heavy atom. The van der Waals surface area contributed by atoms with Gasteiger partial charge in [0.2, 0.25) is 0 Å². The average Bonchev–Trinajstić information content (AvgIpc) is 3.09. The largest absolute Gasteiger partial charge is 0.478 e. The maximum absolute atomic E-state index is 13.1. The van der Waals surface area contributed by atoms with Crippen molar-refractivity contribution in [2.45, 2.75) is 0 Å². The molecule has 1 aliphatic rings. The normalized spacial score (nSPS) is 16.1. The van der Waals surface area contributed by atoms with Crippen LogP contribution in [0.5, 0.6) is 0 Å². The molecule has 4 rings (SSSR count). The first-order chi connectivity index (χ1) is 15.0. The highest BCUT2D eigenvalue weighted by Crippen LogP contribution is 2.35. The molecule has 1 saturated heterocycles. The van der Waals surface area contributed by atoms with E-state index < -0.39 is 17.8 Å². The molecule has 2 amide bonds. The number of hydrogen-bond donors (Lipinski definition) is 1. The molecule has 0 saturated carbocycles. The number of carbonyl (C=O) groups is 3. The molecule has 3 aromatic rings.